The first-order chi connectivity index (χ1) is 14.4. The van der Waals surface area contributed by atoms with Gasteiger partial charge < -0.3 is 10.1 Å². The highest BCUT2D eigenvalue weighted by Crippen LogP contribution is 2.64. The maximum Gasteiger partial charge on any atom is 0.243 e. The zero-order valence-corrected chi connectivity index (χ0v) is 18.9. The fourth-order valence-corrected chi connectivity index (χ4v) is 7.30. The van der Waals surface area contributed by atoms with Crippen LogP contribution in [0.1, 0.15) is 78.1 Å². The van der Waals surface area contributed by atoms with Crippen LogP contribution >= 0.6 is 0 Å². The molecular formula is C26H39NO3. The Morgan fingerprint density at radius 3 is 2.77 bits per heavy atom. The maximum absolute atomic E-state index is 12.6. The normalized spacial score (nSPS) is 40.1. The van der Waals surface area contributed by atoms with Crippen LogP contribution < -0.4 is 5.32 Å². The van der Waals surface area contributed by atoms with E-state index < -0.39 is 0 Å². The highest BCUT2D eigenvalue weighted by atomic mass is 16.5. The van der Waals surface area contributed by atoms with Gasteiger partial charge in [0.25, 0.3) is 0 Å². The van der Waals surface area contributed by atoms with E-state index in [1.165, 1.54) is 25.3 Å². The average Bonchev–Trinajstić information content (AvgIpc) is 3.05. The third kappa shape index (κ3) is 3.81. The van der Waals surface area contributed by atoms with Gasteiger partial charge in [-0.1, -0.05) is 32.1 Å². The predicted molar refractivity (Wildman–Crippen MR) is 119 cm³/mol. The quantitative estimate of drug-likeness (QED) is 0.364. The smallest absolute Gasteiger partial charge is 0.243 e. The van der Waals surface area contributed by atoms with Crippen LogP contribution in [0.4, 0.5) is 0 Å². The monoisotopic (exact) mass is 413 g/mol. The Morgan fingerprint density at radius 2 is 1.97 bits per heavy atom. The van der Waals surface area contributed by atoms with Crippen molar-refractivity contribution in [3.8, 4) is 0 Å². The van der Waals surface area contributed by atoms with Crippen LogP contribution in [0.2, 0.25) is 0 Å². The van der Waals surface area contributed by atoms with Crippen LogP contribution in [0.3, 0.4) is 0 Å². The van der Waals surface area contributed by atoms with Gasteiger partial charge in [0.15, 0.2) is 0 Å². The number of rotatable bonds is 7. The lowest BCUT2D eigenvalue weighted by molar-refractivity contribution is -0.132. The van der Waals surface area contributed by atoms with Crippen molar-refractivity contribution >= 4 is 11.7 Å². The lowest BCUT2D eigenvalue weighted by atomic mass is 9.48. The lowest BCUT2D eigenvalue weighted by Gasteiger charge is -2.57. The van der Waals surface area contributed by atoms with Crippen molar-refractivity contribution in [2.45, 2.75) is 84.2 Å². The molecule has 4 rings (SSSR count). The third-order valence-electron chi connectivity index (χ3n) is 9.18. The standard InChI is InChI=1S/C26H39NO3/c1-4-24(29)27-15-5-6-16-30-19-11-13-25(2)18(17-19)7-8-20-21-9-10-23(28)26(21,3)14-12-22(20)25/h4,7,19-22H,1,5-6,8-17H2,2-3H3,(H,27,29)/t19?,20-,21-,22-,25-,26-/m0/s1. The first kappa shape index (κ1) is 21.8. The summed E-state index contributed by atoms with van der Waals surface area (Å²) in [6.07, 6.45) is 15.0. The highest BCUT2D eigenvalue weighted by Gasteiger charge is 2.58. The van der Waals surface area contributed by atoms with Crippen molar-refractivity contribution in [2.24, 2.45) is 28.6 Å². The molecule has 0 aromatic rings. The minimum absolute atomic E-state index is 0.0334. The third-order valence-corrected chi connectivity index (χ3v) is 9.18. The summed E-state index contributed by atoms with van der Waals surface area (Å²) in [7, 11) is 0. The molecule has 0 aromatic carbocycles. The van der Waals surface area contributed by atoms with E-state index in [-0.39, 0.29) is 11.3 Å². The molecule has 4 heteroatoms. The van der Waals surface area contributed by atoms with E-state index in [2.05, 4.69) is 31.8 Å². The van der Waals surface area contributed by atoms with Gasteiger partial charge in [0, 0.05) is 25.0 Å². The number of unbranched alkanes of at least 4 members (excludes halogenated alkanes) is 1. The Balaban J connectivity index is 1.31. The van der Waals surface area contributed by atoms with Crippen molar-refractivity contribution in [1.29, 1.82) is 0 Å². The molecule has 0 spiro atoms. The molecule has 4 nitrogen and oxygen atoms in total. The van der Waals surface area contributed by atoms with Crippen molar-refractivity contribution < 1.29 is 14.3 Å². The molecule has 1 unspecified atom stereocenters. The van der Waals surface area contributed by atoms with Gasteiger partial charge in [0.2, 0.25) is 5.91 Å². The average molecular weight is 414 g/mol. The number of allylic oxidation sites excluding steroid dienone is 1. The Morgan fingerprint density at radius 1 is 1.20 bits per heavy atom. The second-order valence-electron chi connectivity index (χ2n) is 10.6. The first-order valence-corrected chi connectivity index (χ1v) is 12.1. The number of nitrogens with one attached hydrogen (secondary N) is 1. The van der Waals surface area contributed by atoms with E-state index in [1.807, 2.05) is 0 Å². The molecule has 166 valence electrons. The topological polar surface area (TPSA) is 55.4 Å². The number of hydrogen-bond donors (Lipinski definition) is 1. The molecule has 0 bridgehead atoms. The van der Waals surface area contributed by atoms with E-state index in [0.717, 1.165) is 57.5 Å². The lowest BCUT2D eigenvalue weighted by Crippen LogP contribution is -2.50. The van der Waals surface area contributed by atoms with Gasteiger partial charge >= 0.3 is 0 Å². The number of carbonyl (C=O) groups excluding carboxylic acids is 2. The SMILES string of the molecule is C=CC(=O)NCCCCOC1CC[C@@]2(C)C(=CC[C@@H]3[C@@H]2CC[C@]2(C)C(=O)CC[C@@H]32)C1. The summed E-state index contributed by atoms with van der Waals surface area (Å²) in [6.45, 7) is 9.70. The molecule has 0 saturated heterocycles. The van der Waals surface area contributed by atoms with Crippen molar-refractivity contribution in [3.05, 3.63) is 24.3 Å². The van der Waals surface area contributed by atoms with Crippen LogP contribution in [0.25, 0.3) is 0 Å². The summed E-state index contributed by atoms with van der Waals surface area (Å²) in [6, 6.07) is 0. The van der Waals surface area contributed by atoms with Crippen molar-refractivity contribution in [2.75, 3.05) is 13.2 Å². The summed E-state index contributed by atoms with van der Waals surface area (Å²) < 4.78 is 6.23. The largest absolute Gasteiger partial charge is 0.378 e. The van der Waals surface area contributed by atoms with E-state index in [1.54, 1.807) is 5.57 Å². The van der Waals surface area contributed by atoms with Gasteiger partial charge in [0.1, 0.15) is 5.78 Å². The molecule has 1 amide bonds. The molecule has 1 N–H and O–H groups in total. The maximum atomic E-state index is 12.6. The van der Waals surface area contributed by atoms with Gasteiger partial charge in [0.05, 0.1) is 6.10 Å². The molecule has 4 aliphatic carbocycles. The molecule has 0 heterocycles. The van der Waals surface area contributed by atoms with Crippen LogP contribution in [0.15, 0.2) is 24.3 Å². The van der Waals surface area contributed by atoms with Crippen molar-refractivity contribution in [1.82, 2.24) is 5.32 Å². The number of hydrogen-bond acceptors (Lipinski definition) is 3. The first-order valence-electron chi connectivity index (χ1n) is 12.1. The van der Waals surface area contributed by atoms with Crippen molar-refractivity contribution in [3.63, 3.8) is 0 Å². The molecular weight excluding hydrogens is 374 g/mol. The number of Topliss-reactive ketones (excluding diaryl/α,β-unsaturated/α-hetero) is 1. The van der Waals surface area contributed by atoms with Crippen LogP contribution in [0.5, 0.6) is 0 Å². The van der Waals surface area contributed by atoms with Gasteiger partial charge in [-0.05, 0) is 87.0 Å². The number of amides is 1. The number of ketones is 1. The zero-order chi connectivity index (χ0) is 21.4. The molecule has 4 aliphatic rings. The number of ether oxygens (including phenoxy) is 1. The fourth-order valence-electron chi connectivity index (χ4n) is 7.30. The Kier molecular flexibility index (Phi) is 6.25. The Bertz CT molecular complexity index is 728. The van der Waals surface area contributed by atoms with Crippen LogP contribution in [-0.2, 0) is 14.3 Å². The summed E-state index contributed by atoms with van der Waals surface area (Å²) >= 11 is 0. The second-order valence-corrected chi connectivity index (χ2v) is 10.6. The van der Waals surface area contributed by atoms with Gasteiger partial charge in [-0.25, -0.2) is 0 Å². The van der Waals surface area contributed by atoms with Gasteiger partial charge in [-0.15, -0.1) is 0 Å². The summed E-state index contributed by atoms with van der Waals surface area (Å²) in [5, 5.41) is 2.82. The van der Waals surface area contributed by atoms with E-state index in [9.17, 15) is 9.59 Å². The molecule has 6 atom stereocenters. The summed E-state index contributed by atoms with van der Waals surface area (Å²) in [5.41, 5.74) is 1.91. The zero-order valence-electron chi connectivity index (χ0n) is 18.9. The van der Waals surface area contributed by atoms with Crippen LogP contribution in [0, 0.1) is 28.6 Å². The highest BCUT2D eigenvalue weighted by molar-refractivity contribution is 5.87. The second kappa shape index (κ2) is 8.61. The Labute approximate surface area is 181 Å². The van der Waals surface area contributed by atoms with Gasteiger partial charge in [-0.3, -0.25) is 9.59 Å². The van der Waals surface area contributed by atoms with E-state index in [0.29, 0.717) is 35.7 Å². The molecule has 3 fully saturated rings. The van der Waals surface area contributed by atoms with E-state index >= 15 is 0 Å². The Hall–Kier alpha value is -1.42. The summed E-state index contributed by atoms with van der Waals surface area (Å²) in [5.74, 6) is 2.49. The summed E-state index contributed by atoms with van der Waals surface area (Å²) in [4.78, 5) is 23.7. The predicted octanol–water partition coefficient (Wildman–Crippen LogP) is 4.99. The molecule has 0 aliphatic heterocycles. The molecule has 0 aromatic heterocycles. The molecule has 30 heavy (non-hydrogen) atoms. The van der Waals surface area contributed by atoms with Crippen LogP contribution in [-0.4, -0.2) is 30.9 Å². The molecule has 3 saturated carbocycles. The minimum atomic E-state index is -0.102. The fraction of sp³-hybridized carbons (Fsp3) is 0.769. The number of carbonyl (C=O) groups is 2. The number of fused-ring (bicyclic) bond motifs is 5. The molecule has 0 radical (unpaired) electrons. The van der Waals surface area contributed by atoms with Gasteiger partial charge in [-0.2, -0.15) is 0 Å². The minimum Gasteiger partial charge on any atom is -0.378 e. The van der Waals surface area contributed by atoms with E-state index in [4.69, 9.17) is 4.74 Å².